The Morgan fingerprint density at radius 1 is 0.882 bits per heavy atom. The lowest BCUT2D eigenvalue weighted by molar-refractivity contribution is -0.121. The molecule has 0 aromatic rings. The first-order chi connectivity index (χ1) is 7.60. The Labute approximate surface area is 108 Å². The third-order valence-corrected chi connectivity index (χ3v) is 2.76. The summed E-state index contributed by atoms with van der Waals surface area (Å²) in [7, 11) is 0. The molecular formula is C15H31NO. The van der Waals surface area contributed by atoms with Gasteiger partial charge in [-0.15, -0.1) is 0 Å². The van der Waals surface area contributed by atoms with E-state index in [1.165, 1.54) is 0 Å². The van der Waals surface area contributed by atoms with Crippen molar-refractivity contribution in [1.82, 2.24) is 5.32 Å². The third-order valence-electron chi connectivity index (χ3n) is 2.76. The summed E-state index contributed by atoms with van der Waals surface area (Å²) in [6.07, 6.45) is 5.02. The van der Waals surface area contributed by atoms with E-state index in [-0.39, 0.29) is 5.91 Å². The molecule has 0 aromatic heterocycles. The second-order valence-electron chi connectivity index (χ2n) is 7.43. The molecule has 0 bridgehead atoms. The van der Waals surface area contributed by atoms with Gasteiger partial charge in [-0.05, 0) is 36.5 Å². The summed E-state index contributed by atoms with van der Waals surface area (Å²) in [6.45, 7) is 14.2. The van der Waals surface area contributed by atoms with Crippen molar-refractivity contribution in [3.8, 4) is 0 Å². The van der Waals surface area contributed by atoms with Crippen LogP contribution in [0.1, 0.15) is 73.6 Å². The number of nitrogens with one attached hydrogen (secondary N) is 1. The number of rotatable bonds is 6. The first-order valence-electron chi connectivity index (χ1n) is 6.87. The number of carbonyl (C=O) groups is 1. The summed E-state index contributed by atoms with van der Waals surface area (Å²) in [6, 6.07) is 0. The topological polar surface area (TPSA) is 29.1 Å². The van der Waals surface area contributed by atoms with E-state index < -0.39 is 0 Å². The largest absolute Gasteiger partial charge is 0.356 e. The number of carbonyl (C=O) groups excluding carboxylic acids is 1. The van der Waals surface area contributed by atoms with Gasteiger partial charge in [0.15, 0.2) is 0 Å². The second-order valence-corrected chi connectivity index (χ2v) is 7.43. The highest BCUT2D eigenvalue weighted by atomic mass is 16.1. The van der Waals surface area contributed by atoms with Crippen molar-refractivity contribution >= 4 is 5.91 Å². The molecule has 0 spiro atoms. The van der Waals surface area contributed by atoms with Crippen LogP contribution in [0.5, 0.6) is 0 Å². The van der Waals surface area contributed by atoms with Crippen LogP contribution in [0.3, 0.4) is 0 Å². The first-order valence-corrected chi connectivity index (χ1v) is 6.87. The zero-order chi connectivity index (χ0) is 13.5. The molecule has 0 aliphatic carbocycles. The van der Waals surface area contributed by atoms with Gasteiger partial charge in [-0.3, -0.25) is 4.79 Å². The molecule has 1 amide bonds. The van der Waals surface area contributed by atoms with Crippen molar-refractivity contribution in [3.63, 3.8) is 0 Å². The van der Waals surface area contributed by atoms with Crippen LogP contribution in [-0.4, -0.2) is 12.5 Å². The Hall–Kier alpha value is -0.530. The molecule has 2 nitrogen and oxygen atoms in total. The van der Waals surface area contributed by atoms with Crippen LogP contribution in [0.2, 0.25) is 0 Å². The van der Waals surface area contributed by atoms with Gasteiger partial charge in [0.05, 0.1) is 0 Å². The van der Waals surface area contributed by atoms with Gasteiger partial charge in [0.2, 0.25) is 5.91 Å². The van der Waals surface area contributed by atoms with Crippen LogP contribution >= 0.6 is 0 Å². The van der Waals surface area contributed by atoms with E-state index in [0.29, 0.717) is 17.3 Å². The fourth-order valence-electron chi connectivity index (χ4n) is 1.71. The summed E-state index contributed by atoms with van der Waals surface area (Å²) >= 11 is 0. The highest BCUT2D eigenvalue weighted by Crippen LogP contribution is 2.21. The maximum absolute atomic E-state index is 11.5. The minimum absolute atomic E-state index is 0.211. The summed E-state index contributed by atoms with van der Waals surface area (Å²) in [5, 5.41) is 3.00. The molecule has 102 valence electrons. The summed E-state index contributed by atoms with van der Waals surface area (Å²) in [4.78, 5) is 11.5. The van der Waals surface area contributed by atoms with Crippen molar-refractivity contribution in [2.45, 2.75) is 73.6 Å². The molecular weight excluding hydrogens is 210 g/mol. The standard InChI is InChI=1S/C15H31NO/c1-14(2,3)10-7-9-13(17)16-12-8-11-15(4,5)6/h7-12H2,1-6H3,(H,16,17). The summed E-state index contributed by atoms with van der Waals surface area (Å²) in [5.41, 5.74) is 0.712. The number of hydrogen-bond donors (Lipinski definition) is 1. The Kier molecular flexibility index (Phi) is 6.81. The highest BCUT2D eigenvalue weighted by Gasteiger charge is 2.12. The zero-order valence-electron chi connectivity index (χ0n) is 12.7. The van der Waals surface area contributed by atoms with E-state index in [9.17, 15) is 4.79 Å². The molecule has 0 radical (unpaired) electrons. The van der Waals surface area contributed by atoms with Crippen molar-refractivity contribution in [2.24, 2.45) is 10.8 Å². The maximum atomic E-state index is 11.5. The average molecular weight is 241 g/mol. The van der Waals surface area contributed by atoms with Crippen molar-refractivity contribution in [3.05, 3.63) is 0 Å². The Balaban J connectivity index is 3.48. The minimum atomic E-state index is 0.211. The van der Waals surface area contributed by atoms with Crippen LogP contribution in [0, 0.1) is 10.8 Å². The van der Waals surface area contributed by atoms with Crippen molar-refractivity contribution < 1.29 is 4.79 Å². The molecule has 0 saturated heterocycles. The van der Waals surface area contributed by atoms with Gasteiger partial charge in [0, 0.05) is 13.0 Å². The lowest BCUT2D eigenvalue weighted by Crippen LogP contribution is -2.25. The van der Waals surface area contributed by atoms with Crippen LogP contribution in [0.25, 0.3) is 0 Å². The Morgan fingerprint density at radius 2 is 1.35 bits per heavy atom. The molecule has 0 saturated carbocycles. The van der Waals surface area contributed by atoms with Gasteiger partial charge < -0.3 is 5.32 Å². The maximum Gasteiger partial charge on any atom is 0.219 e. The minimum Gasteiger partial charge on any atom is -0.356 e. The lowest BCUT2D eigenvalue weighted by Gasteiger charge is -2.18. The normalized spacial score (nSPS) is 12.6. The van der Waals surface area contributed by atoms with Crippen LogP contribution in [-0.2, 0) is 4.79 Å². The summed E-state index contributed by atoms with van der Waals surface area (Å²) < 4.78 is 0. The predicted octanol–water partition coefficient (Wildman–Crippen LogP) is 4.15. The highest BCUT2D eigenvalue weighted by molar-refractivity contribution is 5.75. The summed E-state index contributed by atoms with van der Waals surface area (Å²) in [5.74, 6) is 0.211. The fraction of sp³-hybridized carbons (Fsp3) is 0.933. The van der Waals surface area contributed by atoms with E-state index in [4.69, 9.17) is 0 Å². The molecule has 0 aliphatic heterocycles. The predicted molar refractivity (Wildman–Crippen MR) is 75.0 cm³/mol. The van der Waals surface area contributed by atoms with Crippen LogP contribution in [0.4, 0.5) is 0 Å². The van der Waals surface area contributed by atoms with E-state index >= 15 is 0 Å². The van der Waals surface area contributed by atoms with Crippen LogP contribution < -0.4 is 5.32 Å². The number of hydrogen-bond acceptors (Lipinski definition) is 1. The average Bonchev–Trinajstić information content (AvgIpc) is 2.09. The smallest absolute Gasteiger partial charge is 0.219 e. The molecule has 0 aromatic carbocycles. The van der Waals surface area contributed by atoms with E-state index in [0.717, 1.165) is 32.2 Å². The van der Waals surface area contributed by atoms with Gasteiger partial charge in [-0.25, -0.2) is 0 Å². The number of amides is 1. The Bertz CT molecular complexity index is 220. The van der Waals surface area contributed by atoms with Crippen molar-refractivity contribution in [2.75, 3.05) is 6.54 Å². The van der Waals surface area contributed by atoms with Gasteiger partial charge in [-0.1, -0.05) is 41.5 Å². The molecule has 0 rings (SSSR count). The monoisotopic (exact) mass is 241 g/mol. The molecule has 0 atom stereocenters. The van der Waals surface area contributed by atoms with Crippen molar-refractivity contribution in [1.29, 1.82) is 0 Å². The van der Waals surface area contributed by atoms with Gasteiger partial charge >= 0.3 is 0 Å². The molecule has 1 N–H and O–H groups in total. The SMILES string of the molecule is CC(C)(C)CCCNC(=O)CCCC(C)(C)C. The zero-order valence-corrected chi connectivity index (χ0v) is 12.7. The van der Waals surface area contributed by atoms with Gasteiger partial charge in [-0.2, -0.15) is 0 Å². The molecule has 17 heavy (non-hydrogen) atoms. The van der Waals surface area contributed by atoms with Gasteiger partial charge in [0.25, 0.3) is 0 Å². The van der Waals surface area contributed by atoms with Gasteiger partial charge in [0.1, 0.15) is 0 Å². The van der Waals surface area contributed by atoms with Crippen LogP contribution in [0.15, 0.2) is 0 Å². The van der Waals surface area contributed by atoms with E-state index in [1.54, 1.807) is 0 Å². The molecule has 0 unspecified atom stereocenters. The Morgan fingerprint density at radius 3 is 1.82 bits per heavy atom. The van der Waals surface area contributed by atoms with E-state index in [2.05, 4.69) is 46.9 Å². The second kappa shape index (κ2) is 7.03. The first kappa shape index (κ1) is 16.5. The van der Waals surface area contributed by atoms with E-state index in [1.807, 2.05) is 0 Å². The third kappa shape index (κ3) is 13.4. The molecule has 0 aliphatic rings. The fourth-order valence-corrected chi connectivity index (χ4v) is 1.71. The quantitative estimate of drug-likeness (QED) is 0.696. The molecule has 0 fully saturated rings. The molecule has 0 heterocycles. The lowest BCUT2D eigenvalue weighted by atomic mass is 9.90. The molecule has 2 heteroatoms.